The van der Waals surface area contributed by atoms with Gasteiger partial charge >= 0.3 is 5.97 Å². The highest BCUT2D eigenvalue weighted by atomic mass is 16.4. The van der Waals surface area contributed by atoms with E-state index in [0.29, 0.717) is 0 Å². The van der Waals surface area contributed by atoms with Gasteiger partial charge in [0, 0.05) is 5.56 Å². The molecule has 0 saturated heterocycles. The lowest BCUT2D eigenvalue weighted by molar-refractivity contribution is 0.0693. The SMILES string of the molecule is CCCCCCCCCCCCCCCCCCCCCCCCCCCCCCc1c(O)c(C(=O)O)cc2ccccc12. The first-order chi connectivity index (χ1) is 21.6. The number of aromatic carboxylic acids is 1. The van der Waals surface area contributed by atoms with E-state index in [-0.39, 0.29) is 11.3 Å². The molecule has 0 spiro atoms. The number of phenols is 1. The molecular weight excluding hydrogens is 540 g/mol. The highest BCUT2D eigenvalue weighted by Crippen LogP contribution is 2.33. The second-order valence-corrected chi connectivity index (χ2v) is 13.6. The molecule has 2 N–H and O–H groups in total. The Morgan fingerprint density at radius 1 is 0.523 bits per heavy atom. The van der Waals surface area contributed by atoms with E-state index in [9.17, 15) is 15.0 Å². The Hall–Kier alpha value is -2.03. The Morgan fingerprint density at radius 3 is 1.23 bits per heavy atom. The van der Waals surface area contributed by atoms with Gasteiger partial charge in [-0.25, -0.2) is 4.79 Å². The van der Waals surface area contributed by atoms with E-state index in [0.717, 1.165) is 35.6 Å². The molecule has 0 aliphatic heterocycles. The lowest BCUT2D eigenvalue weighted by Crippen LogP contribution is -2.00. The van der Waals surface area contributed by atoms with Crippen molar-refractivity contribution >= 4 is 16.7 Å². The fraction of sp³-hybridized carbons (Fsp3) is 0.732. The number of unbranched alkanes of at least 4 members (excludes halogenated alkanes) is 27. The number of hydrogen-bond acceptors (Lipinski definition) is 2. The van der Waals surface area contributed by atoms with E-state index < -0.39 is 5.97 Å². The van der Waals surface area contributed by atoms with Crippen LogP contribution >= 0.6 is 0 Å². The molecule has 2 rings (SSSR count). The van der Waals surface area contributed by atoms with Gasteiger partial charge in [-0.05, 0) is 29.7 Å². The number of carbonyl (C=O) groups is 1. The maximum absolute atomic E-state index is 11.6. The van der Waals surface area contributed by atoms with Gasteiger partial charge in [-0.2, -0.15) is 0 Å². The van der Waals surface area contributed by atoms with Gasteiger partial charge in [-0.3, -0.25) is 0 Å². The summed E-state index contributed by atoms with van der Waals surface area (Å²) in [5.41, 5.74) is 0.800. The van der Waals surface area contributed by atoms with Crippen molar-refractivity contribution in [2.45, 2.75) is 193 Å². The summed E-state index contributed by atoms with van der Waals surface area (Å²) in [4.78, 5) is 11.6. The van der Waals surface area contributed by atoms with Crippen LogP contribution in [0.2, 0.25) is 0 Å². The number of aryl methyl sites for hydroxylation is 1. The van der Waals surface area contributed by atoms with Crippen LogP contribution in [0.1, 0.15) is 203 Å². The maximum Gasteiger partial charge on any atom is 0.339 e. The number of fused-ring (bicyclic) bond motifs is 1. The number of benzene rings is 2. The van der Waals surface area contributed by atoms with Crippen molar-refractivity contribution in [2.24, 2.45) is 0 Å². The standard InChI is InChI=1S/C41H68O3/c1-2-3-4-5-6-7-8-9-10-11-12-13-14-15-16-17-18-19-20-21-22-23-24-25-26-27-28-29-34-38-37-33-31-30-32-36(37)35-39(40(38)42)41(43)44/h30-33,35,42H,2-29,34H2,1H3,(H,43,44). The summed E-state index contributed by atoms with van der Waals surface area (Å²) < 4.78 is 0. The zero-order valence-corrected chi connectivity index (χ0v) is 28.7. The van der Waals surface area contributed by atoms with Gasteiger partial charge in [0.1, 0.15) is 11.3 Å². The van der Waals surface area contributed by atoms with Crippen LogP contribution in [0, 0.1) is 0 Å². The molecule has 0 amide bonds. The molecule has 3 nitrogen and oxygen atoms in total. The molecule has 0 aliphatic rings. The molecule has 0 aromatic heterocycles. The van der Waals surface area contributed by atoms with Gasteiger partial charge in [0.25, 0.3) is 0 Å². The normalized spacial score (nSPS) is 11.5. The van der Waals surface area contributed by atoms with E-state index in [4.69, 9.17) is 0 Å². The second kappa shape index (κ2) is 26.2. The average Bonchev–Trinajstić information content (AvgIpc) is 3.03. The minimum absolute atomic E-state index is 0.0129. The lowest BCUT2D eigenvalue weighted by atomic mass is 9.95. The highest BCUT2D eigenvalue weighted by Gasteiger charge is 2.16. The molecule has 0 saturated carbocycles. The fourth-order valence-corrected chi connectivity index (χ4v) is 6.80. The van der Waals surface area contributed by atoms with E-state index >= 15 is 0 Å². The third-order valence-electron chi connectivity index (χ3n) is 9.64. The predicted molar refractivity (Wildman–Crippen MR) is 191 cm³/mol. The van der Waals surface area contributed by atoms with Gasteiger partial charge in [-0.15, -0.1) is 0 Å². The van der Waals surface area contributed by atoms with E-state index in [2.05, 4.69) is 6.92 Å². The van der Waals surface area contributed by atoms with E-state index in [1.165, 1.54) is 167 Å². The second-order valence-electron chi connectivity index (χ2n) is 13.6. The highest BCUT2D eigenvalue weighted by molar-refractivity contribution is 5.99. The van der Waals surface area contributed by atoms with Crippen LogP contribution in [0.15, 0.2) is 30.3 Å². The summed E-state index contributed by atoms with van der Waals surface area (Å²) in [6, 6.07) is 9.35. The van der Waals surface area contributed by atoms with Gasteiger partial charge in [0.05, 0.1) is 0 Å². The minimum Gasteiger partial charge on any atom is -0.507 e. The Labute approximate surface area is 271 Å². The van der Waals surface area contributed by atoms with E-state index in [1.807, 2.05) is 24.3 Å². The van der Waals surface area contributed by atoms with Crippen LogP contribution in [0.3, 0.4) is 0 Å². The van der Waals surface area contributed by atoms with Crippen molar-refractivity contribution in [3.63, 3.8) is 0 Å². The van der Waals surface area contributed by atoms with Crippen LogP contribution in [0.25, 0.3) is 10.8 Å². The van der Waals surface area contributed by atoms with Gasteiger partial charge in [0.15, 0.2) is 0 Å². The predicted octanol–water partition coefficient (Wildman–Crippen LogP) is 13.7. The molecule has 0 fully saturated rings. The van der Waals surface area contributed by atoms with Crippen LogP contribution in [-0.2, 0) is 6.42 Å². The average molecular weight is 609 g/mol. The Balaban J connectivity index is 1.30. The van der Waals surface area contributed by atoms with Crippen molar-refractivity contribution in [2.75, 3.05) is 0 Å². The number of carboxylic acids is 1. The molecule has 250 valence electrons. The van der Waals surface area contributed by atoms with Crippen LogP contribution in [0.4, 0.5) is 0 Å². The number of carboxylic acid groups (broad SMARTS) is 1. The van der Waals surface area contributed by atoms with Gasteiger partial charge in [0.2, 0.25) is 0 Å². The van der Waals surface area contributed by atoms with Crippen LogP contribution in [0.5, 0.6) is 5.75 Å². The summed E-state index contributed by atoms with van der Waals surface area (Å²) in [5, 5.41) is 21.9. The summed E-state index contributed by atoms with van der Waals surface area (Å²) in [5.74, 6) is -1.12. The Morgan fingerprint density at radius 2 is 0.864 bits per heavy atom. The first-order valence-corrected chi connectivity index (χ1v) is 19.1. The molecule has 44 heavy (non-hydrogen) atoms. The molecule has 0 aliphatic carbocycles. The van der Waals surface area contributed by atoms with Crippen molar-refractivity contribution in [1.82, 2.24) is 0 Å². The Bertz CT molecular complexity index is 981. The summed E-state index contributed by atoms with van der Waals surface area (Å²) >= 11 is 0. The van der Waals surface area contributed by atoms with Crippen molar-refractivity contribution < 1.29 is 15.0 Å². The lowest BCUT2D eigenvalue weighted by Gasteiger charge is -2.12. The number of hydrogen-bond donors (Lipinski definition) is 2. The molecule has 3 heteroatoms. The molecule has 0 atom stereocenters. The topological polar surface area (TPSA) is 57.5 Å². The van der Waals surface area contributed by atoms with Crippen molar-refractivity contribution in [3.8, 4) is 5.75 Å². The molecular formula is C41H68O3. The molecule has 0 bridgehead atoms. The molecule has 0 radical (unpaired) electrons. The van der Waals surface area contributed by atoms with Gasteiger partial charge in [-0.1, -0.05) is 205 Å². The largest absolute Gasteiger partial charge is 0.507 e. The monoisotopic (exact) mass is 609 g/mol. The van der Waals surface area contributed by atoms with Crippen LogP contribution < -0.4 is 0 Å². The summed E-state index contributed by atoms with van der Waals surface area (Å²) in [7, 11) is 0. The minimum atomic E-state index is -1.06. The molecule has 2 aromatic rings. The third-order valence-corrected chi connectivity index (χ3v) is 9.64. The van der Waals surface area contributed by atoms with Crippen molar-refractivity contribution in [1.29, 1.82) is 0 Å². The fourth-order valence-electron chi connectivity index (χ4n) is 6.80. The zero-order chi connectivity index (χ0) is 31.5. The first-order valence-electron chi connectivity index (χ1n) is 19.1. The first kappa shape index (κ1) is 38.2. The number of aromatic hydroxyl groups is 1. The van der Waals surface area contributed by atoms with Crippen LogP contribution in [-0.4, -0.2) is 16.2 Å². The molecule has 0 heterocycles. The third kappa shape index (κ3) is 17.5. The summed E-state index contributed by atoms with van der Waals surface area (Å²) in [6.45, 7) is 2.30. The van der Waals surface area contributed by atoms with Crippen molar-refractivity contribution in [3.05, 3.63) is 41.5 Å². The molecule has 2 aromatic carbocycles. The smallest absolute Gasteiger partial charge is 0.339 e. The summed E-state index contributed by atoms with van der Waals surface area (Å²) in [6.07, 6.45) is 39.7. The number of rotatable bonds is 30. The quantitative estimate of drug-likeness (QED) is 0.0867. The zero-order valence-electron chi connectivity index (χ0n) is 28.7. The van der Waals surface area contributed by atoms with E-state index in [1.54, 1.807) is 6.07 Å². The Kier molecular flexibility index (Phi) is 22.7. The van der Waals surface area contributed by atoms with Gasteiger partial charge < -0.3 is 10.2 Å². The maximum atomic E-state index is 11.6. The molecule has 0 unspecified atom stereocenters.